The number of hydrogen-bond acceptors (Lipinski definition) is 4. The lowest BCUT2D eigenvalue weighted by Crippen LogP contribution is -2.45. The Labute approximate surface area is 225 Å². The van der Waals surface area contributed by atoms with Crippen molar-refractivity contribution in [3.8, 4) is 11.1 Å². The van der Waals surface area contributed by atoms with Crippen LogP contribution >= 0.6 is 11.6 Å². The van der Waals surface area contributed by atoms with E-state index >= 15 is 0 Å². The molecule has 0 atom stereocenters. The maximum absolute atomic E-state index is 6.39. The zero-order valence-corrected chi connectivity index (χ0v) is 22.3. The van der Waals surface area contributed by atoms with Gasteiger partial charge in [0.05, 0.1) is 0 Å². The summed E-state index contributed by atoms with van der Waals surface area (Å²) in [6.07, 6.45) is 4.18. The highest BCUT2D eigenvalue weighted by Crippen LogP contribution is 2.32. The van der Waals surface area contributed by atoms with Crippen molar-refractivity contribution < 1.29 is 0 Å². The summed E-state index contributed by atoms with van der Waals surface area (Å²) in [5.41, 5.74) is 19.3. The second-order valence-electron chi connectivity index (χ2n) is 10.1. The highest BCUT2D eigenvalue weighted by atomic mass is 35.5. The normalized spacial score (nSPS) is 15.0. The number of benzene rings is 3. The molecule has 5 rings (SSSR count). The Morgan fingerprint density at radius 3 is 2.16 bits per heavy atom. The van der Waals surface area contributed by atoms with Crippen LogP contribution in [0.1, 0.15) is 23.1 Å². The van der Waals surface area contributed by atoms with Crippen LogP contribution in [0, 0.1) is 0 Å². The predicted octanol–water partition coefficient (Wildman–Crippen LogP) is 5.13. The average Bonchev–Trinajstić information content (AvgIpc) is 3.28. The zero-order valence-electron chi connectivity index (χ0n) is 21.6. The topological polar surface area (TPSA) is 63.5 Å². The third-order valence-electron chi connectivity index (χ3n) is 7.47. The fourth-order valence-corrected chi connectivity index (χ4v) is 5.56. The van der Waals surface area contributed by atoms with E-state index < -0.39 is 0 Å². The molecule has 0 saturated carbocycles. The van der Waals surface area contributed by atoms with Gasteiger partial charge in [0.25, 0.3) is 0 Å². The van der Waals surface area contributed by atoms with Crippen molar-refractivity contribution in [3.05, 3.63) is 94.6 Å². The van der Waals surface area contributed by atoms with Gasteiger partial charge in [-0.1, -0.05) is 60.1 Å². The number of fused-ring (bicyclic) bond motifs is 1. The fourth-order valence-electron chi connectivity index (χ4n) is 5.37. The van der Waals surface area contributed by atoms with Crippen LogP contribution in [0.3, 0.4) is 0 Å². The molecule has 4 aromatic rings. The molecule has 194 valence electrons. The number of aromatic nitrogens is 1. The number of halogens is 1. The van der Waals surface area contributed by atoms with Crippen LogP contribution in [0.25, 0.3) is 22.0 Å². The Morgan fingerprint density at radius 2 is 1.46 bits per heavy atom. The van der Waals surface area contributed by atoms with E-state index in [4.69, 9.17) is 23.1 Å². The fraction of sp³-hybridized carbons (Fsp3) is 0.355. The largest absolute Gasteiger partial charge is 0.347 e. The average molecular weight is 516 g/mol. The summed E-state index contributed by atoms with van der Waals surface area (Å²) in [5.74, 6) is 0. The predicted molar refractivity (Wildman–Crippen MR) is 156 cm³/mol. The van der Waals surface area contributed by atoms with E-state index in [0.29, 0.717) is 13.1 Å². The number of piperazine rings is 1. The van der Waals surface area contributed by atoms with Crippen molar-refractivity contribution in [3.63, 3.8) is 0 Å². The lowest BCUT2D eigenvalue weighted by molar-refractivity contribution is 0.122. The highest BCUT2D eigenvalue weighted by molar-refractivity contribution is 6.31. The Balaban J connectivity index is 1.31. The van der Waals surface area contributed by atoms with Crippen LogP contribution in [0.2, 0.25) is 5.02 Å². The highest BCUT2D eigenvalue weighted by Gasteiger charge is 2.19. The molecule has 0 aliphatic carbocycles. The SMILES string of the molecule is NCCCn1cc(-c2ccc(CCN)cc2)c2cc(CN3CCN(Cc4ccccc4Cl)CC3)ccc21. The van der Waals surface area contributed by atoms with Crippen LogP contribution in [0.4, 0.5) is 0 Å². The van der Waals surface area contributed by atoms with Gasteiger partial charge in [-0.15, -0.1) is 0 Å². The number of rotatable bonds is 10. The van der Waals surface area contributed by atoms with E-state index in [-0.39, 0.29) is 0 Å². The molecule has 4 N–H and O–H groups in total. The minimum absolute atomic E-state index is 0.676. The van der Waals surface area contributed by atoms with Gasteiger partial charge in [0.2, 0.25) is 0 Å². The molecular formula is C31H38ClN5. The van der Waals surface area contributed by atoms with Gasteiger partial charge in [-0.3, -0.25) is 9.80 Å². The molecule has 1 aliphatic heterocycles. The molecule has 0 amide bonds. The minimum atomic E-state index is 0.676. The summed E-state index contributed by atoms with van der Waals surface area (Å²) in [5, 5.41) is 2.18. The van der Waals surface area contributed by atoms with E-state index in [1.807, 2.05) is 12.1 Å². The maximum atomic E-state index is 6.39. The molecular weight excluding hydrogens is 478 g/mol. The van der Waals surface area contributed by atoms with Crippen LogP contribution < -0.4 is 11.5 Å². The molecule has 0 spiro atoms. The van der Waals surface area contributed by atoms with Crippen molar-refractivity contribution in [1.29, 1.82) is 0 Å². The van der Waals surface area contributed by atoms with Gasteiger partial charge in [0.15, 0.2) is 0 Å². The van der Waals surface area contributed by atoms with Crippen molar-refractivity contribution in [1.82, 2.24) is 14.4 Å². The molecule has 2 heterocycles. The van der Waals surface area contributed by atoms with Gasteiger partial charge < -0.3 is 16.0 Å². The molecule has 1 aromatic heterocycles. The van der Waals surface area contributed by atoms with Crippen molar-refractivity contribution in [2.45, 2.75) is 32.5 Å². The molecule has 0 radical (unpaired) electrons. The minimum Gasteiger partial charge on any atom is -0.347 e. The van der Waals surface area contributed by atoms with Gasteiger partial charge >= 0.3 is 0 Å². The van der Waals surface area contributed by atoms with E-state index in [2.05, 4.69) is 75.2 Å². The van der Waals surface area contributed by atoms with Gasteiger partial charge in [-0.2, -0.15) is 0 Å². The first-order chi connectivity index (χ1) is 18.1. The summed E-state index contributed by atoms with van der Waals surface area (Å²) in [6, 6.07) is 24.0. The summed E-state index contributed by atoms with van der Waals surface area (Å²) < 4.78 is 2.36. The number of nitrogens with two attached hydrogens (primary N) is 2. The van der Waals surface area contributed by atoms with E-state index in [9.17, 15) is 0 Å². The molecule has 1 aliphatic rings. The molecule has 1 fully saturated rings. The Kier molecular flexibility index (Phi) is 8.59. The van der Waals surface area contributed by atoms with E-state index in [0.717, 1.165) is 63.7 Å². The van der Waals surface area contributed by atoms with E-state index in [1.165, 1.54) is 38.7 Å². The third kappa shape index (κ3) is 6.25. The molecule has 5 nitrogen and oxygen atoms in total. The van der Waals surface area contributed by atoms with Crippen LogP contribution in [0.15, 0.2) is 72.9 Å². The van der Waals surface area contributed by atoms with Gasteiger partial charge in [-0.05, 0) is 66.4 Å². The van der Waals surface area contributed by atoms with E-state index in [1.54, 1.807) is 0 Å². The molecule has 6 heteroatoms. The van der Waals surface area contributed by atoms with Crippen molar-refractivity contribution >= 4 is 22.5 Å². The molecule has 37 heavy (non-hydrogen) atoms. The van der Waals surface area contributed by atoms with Crippen LogP contribution in [-0.4, -0.2) is 53.6 Å². The van der Waals surface area contributed by atoms with Crippen LogP contribution in [0.5, 0.6) is 0 Å². The number of hydrogen-bond donors (Lipinski definition) is 2. The summed E-state index contributed by atoms with van der Waals surface area (Å²) in [6.45, 7) is 8.45. The summed E-state index contributed by atoms with van der Waals surface area (Å²) in [4.78, 5) is 5.07. The van der Waals surface area contributed by atoms with Gasteiger partial charge in [0, 0.05) is 73.5 Å². The lowest BCUT2D eigenvalue weighted by atomic mass is 10.0. The second-order valence-corrected chi connectivity index (χ2v) is 10.5. The Morgan fingerprint density at radius 1 is 0.757 bits per heavy atom. The number of nitrogens with zero attached hydrogens (tertiary/aromatic N) is 3. The van der Waals surface area contributed by atoms with Gasteiger partial charge in [-0.25, -0.2) is 0 Å². The molecule has 1 saturated heterocycles. The van der Waals surface area contributed by atoms with Crippen LogP contribution in [-0.2, 0) is 26.1 Å². The first-order valence-corrected chi connectivity index (χ1v) is 13.8. The standard InChI is InChI=1S/C31H38ClN5/c32-30-5-2-1-4-27(30)22-36-18-16-35(17-19-36)21-25-8-11-31-28(20-25)29(23-37(31)15-3-13-33)26-9-6-24(7-10-26)12-14-34/h1-2,4-11,20,23H,3,12-19,21-22,33-34H2. The Bertz CT molecular complexity index is 1310. The monoisotopic (exact) mass is 515 g/mol. The summed E-state index contributed by atoms with van der Waals surface area (Å²) in [7, 11) is 0. The van der Waals surface area contributed by atoms with Crippen molar-refractivity contribution in [2.75, 3.05) is 39.3 Å². The molecule has 0 unspecified atom stereocenters. The molecule has 3 aromatic carbocycles. The first-order valence-electron chi connectivity index (χ1n) is 13.4. The summed E-state index contributed by atoms with van der Waals surface area (Å²) >= 11 is 6.39. The third-order valence-corrected chi connectivity index (χ3v) is 7.84. The maximum Gasteiger partial charge on any atom is 0.0486 e. The Hall–Kier alpha value is -2.67. The molecule has 0 bridgehead atoms. The lowest BCUT2D eigenvalue weighted by Gasteiger charge is -2.35. The first kappa shape index (κ1) is 26.0. The smallest absolute Gasteiger partial charge is 0.0486 e. The number of aryl methyl sites for hydroxylation is 1. The van der Waals surface area contributed by atoms with Crippen molar-refractivity contribution in [2.24, 2.45) is 11.5 Å². The second kappa shape index (κ2) is 12.2. The van der Waals surface area contributed by atoms with Gasteiger partial charge in [0.1, 0.15) is 0 Å². The zero-order chi connectivity index (χ0) is 25.6. The quantitative estimate of drug-likeness (QED) is 0.307.